The number of ether oxygens (including phenoxy) is 1. The zero-order valence-corrected chi connectivity index (χ0v) is 13.6. The summed E-state index contributed by atoms with van der Waals surface area (Å²) in [6.07, 6.45) is 0.157. The van der Waals surface area contributed by atoms with Gasteiger partial charge in [0.2, 0.25) is 0 Å². The van der Waals surface area contributed by atoms with Crippen molar-refractivity contribution in [1.82, 2.24) is 9.88 Å². The predicted molar refractivity (Wildman–Crippen MR) is 85.9 cm³/mol. The molecule has 0 saturated heterocycles. The fourth-order valence-electron chi connectivity index (χ4n) is 1.79. The average Bonchev–Trinajstić information content (AvgIpc) is 2.95. The third kappa shape index (κ3) is 3.82. The number of aromatic nitrogens is 1. The van der Waals surface area contributed by atoms with E-state index in [0.717, 1.165) is 16.3 Å². The maximum absolute atomic E-state index is 12.0. The van der Waals surface area contributed by atoms with Gasteiger partial charge in [0.05, 0.1) is 6.10 Å². The summed E-state index contributed by atoms with van der Waals surface area (Å²) in [5.41, 5.74) is 1.50. The number of hydrogen-bond donors (Lipinski definition) is 0. The average molecular weight is 304 g/mol. The molecule has 0 unspecified atom stereocenters. The Morgan fingerprint density at radius 3 is 2.57 bits per heavy atom. The molecule has 0 saturated carbocycles. The van der Waals surface area contributed by atoms with Gasteiger partial charge in [-0.05, 0) is 45.0 Å². The molecule has 4 nitrogen and oxygen atoms in total. The highest BCUT2D eigenvalue weighted by Gasteiger charge is 2.14. The molecule has 1 amide bonds. The molecule has 0 radical (unpaired) electrons. The lowest BCUT2D eigenvalue weighted by atomic mass is 10.2. The van der Waals surface area contributed by atoms with Gasteiger partial charge in [0.25, 0.3) is 5.91 Å². The number of nitrogens with zero attached hydrogens (tertiary/aromatic N) is 2. The van der Waals surface area contributed by atoms with E-state index in [4.69, 9.17) is 4.74 Å². The molecule has 2 aromatic rings. The SMILES string of the molecule is CCN(C)C(=O)c1csc(-c2ccc(OC(C)C)cc2)n1. The van der Waals surface area contributed by atoms with Crippen LogP contribution in [0.1, 0.15) is 31.3 Å². The van der Waals surface area contributed by atoms with Crippen LogP contribution in [0.3, 0.4) is 0 Å². The van der Waals surface area contributed by atoms with E-state index in [0.29, 0.717) is 12.2 Å². The highest BCUT2D eigenvalue weighted by atomic mass is 32.1. The van der Waals surface area contributed by atoms with Gasteiger partial charge in [0.1, 0.15) is 16.5 Å². The quantitative estimate of drug-likeness (QED) is 0.846. The Morgan fingerprint density at radius 1 is 1.33 bits per heavy atom. The number of amides is 1. The van der Waals surface area contributed by atoms with E-state index in [1.165, 1.54) is 11.3 Å². The van der Waals surface area contributed by atoms with Crippen LogP contribution in [0, 0.1) is 0 Å². The Labute approximate surface area is 129 Å². The van der Waals surface area contributed by atoms with Gasteiger partial charge in [-0.2, -0.15) is 0 Å². The molecule has 0 fully saturated rings. The van der Waals surface area contributed by atoms with Gasteiger partial charge in [-0.1, -0.05) is 0 Å². The highest BCUT2D eigenvalue weighted by molar-refractivity contribution is 7.13. The van der Waals surface area contributed by atoms with E-state index in [1.54, 1.807) is 11.9 Å². The highest BCUT2D eigenvalue weighted by Crippen LogP contribution is 2.26. The first-order valence-corrected chi connectivity index (χ1v) is 7.87. The van der Waals surface area contributed by atoms with E-state index in [1.807, 2.05) is 50.4 Å². The van der Waals surface area contributed by atoms with Gasteiger partial charge in [-0.15, -0.1) is 11.3 Å². The minimum absolute atomic E-state index is 0.0419. The summed E-state index contributed by atoms with van der Waals surface area (Å²) in [6, 6.07) is 7.79. The zero-order chi connectivity index (χ0) is 15.4. The third-order valence-electron chi connectivity index (χ3n) is 3.02. The van der Waals surface area contributed by atoms with Crippen LogP contribution in [-0.2, 0) is 0 Å². The lowest BCUT2D eigenvalue weighted by Gasteiger charge is -2.11. The number of rotatable bonds is 5. The molecule has 0 atom stereocenters. The summed E-state index contributed by atoms with van der Waals surface area (Å²) >= 11 is 1.48. The predicted octanol–water partition coefficient (Wildman–Crippen LogP) is 3.69. The van der Waals surface area contributed by atoms with E-state index >= 15 is 0 Å². The standard InChI is InChI=1S/C16H20N2O2S/c1-5-18(4)16(19)14-10-21-15(17-14)12-6-8-13(9-7-12)20-11(2)3/h6-11H,5H2,1-4H3. The first-order chi connectivity index (χ1) is 10.0. The number of thiazole rings is 1. The van der Waals surface area contributed by atoms with Crippen molar-refractivity contribution < 1.29 is 9.53 Å². The number of hydrogen-bond acceptors (Lipinski definition) is 4. The summed E-state index contributed by atoms with van der Waals surface area (Å²) in [5.74, 6) is 0.798. The molecular formula is C16H20N2O2S. The molecule has 21 heavy (non-hydrogen) atoms. The van der Waals surface area contributed by atoms with Crippen LogP contribution in [-0.4, -0.2) is 35.5 Å². The molecule has 1 aromatic heterocycles. The Balaban J connectivity index is 2.16. The summed E-state index contributed by atoms with van der Waals surface area (Å²) in [7, 11) is 1.78. The largest absolute Gasteiger partial charge is 0.491 e. The van der Waals surface area contributed by atoms with Crippen molar-refractivity contribution in [3.63, 3.8) is 0 Å². The van der Waals surface area contributed by atoms with Crippen LogP contribution in [0.5, 0.6) is 5.75 Å². The number of benzene rings is 1. The Morgan fingerprint density at radius 2 is 2.00 bits per heavy atom. The van der Waals surface area contributed by atoms with Crippen LogP contribution in [0.15, 0.2) is 29.6 Å². The molecular weight excluding hydrogens is 284 g/mol. The topological polar surface area (TPSA) is 42.4 Å². The second kappa shape index (κ2) is 6.72. The fraction of sp³-hybridized carbons (Fsp3) is 0.375. The van der Waals surface area contributed by atoms with Gasteiger partial charge >= 0.3 is 0 Å². The third-order valence-corrected chi connectivity index (χ3v) is 3.91. The Hall–Kier alpha value is -1.88. The molecule has 0 bridgehead atoms. The van der Waals surface area contributed by atoms with Crippen molar-refractivity contribution >= 4 is 17.2 Å². The van der Waals surface area contributed by atoms with Gasteiger partial charge in [0, 0.05) is 24.5 Å². The van der Waals surface area contributed by atoms with Crippen molar-refractivity contribution in [3.05, 3.63) is 35.3 Å². The van der Waals surface area contributed by atoms with Crippen molar-refractivity contribution in [2.24, 2.45) is 0 Å². The molecule has 1 aromatic carbocycles. The Kier molecular flexibility index (Phi) is 4.96. The van der Waals surface area contributed by atoms with Gasteiger partial charge < -0.3 is 9.64 Å². The van der Waals surface area contributed by atoms with Crippen molar-refractivity contribution in [2.75, 3.05) is 13.6 Å². The Bertz CT molecular complexity index is 605. The van der Waals surface area contributed by atoms with Crippen molar-refractivity contribution in [2.45, 2.75) is 26.9 Å². The zero-order valence-electron chi connectivity index (χ0n) is 12.8. The molecule has 112 valence electrons. The van der Waals surface area contributed by atoms with E-state index in [9.17, 15) is 4.79 Å². The van der Waals surface area contributed by atoms with Crippen LogP contribution < -0.4 is 4.74 Å². The monoisotopic (exact) mass is 304 g/mol. The molecule has 2 rings (SSSR count). The van der Waals surface area contributed by atoms with Crippen LogP contribution in [0.2, 0.25) is 0 Å². The van der Waals surface area contributed by atoms with E-state index < -0.39 is 0 Å². The molecule has 1 heterocycles. The summed E-state index contributed by atoms with van der Waals surface area (Å²) in [4.78, 5) is 18.1. The van der Waals surface area contributed by atoms with Crippen molar-refractivity contribution in [3.8, 4) is 16.3 Å². The number of carbonyl (C=O) groups excluding carboxylic acids is 1. The lowest BCUT2D eigenvalue weighted by Crippen LogP contribution is -2.26. The van der Waals surface area contributed by atoms with Gasteiger partial charge in [-0.25, -0.2) is 4.98 Å². The van der Waals surface area contributed by atoms with E-state index in [2.05, 4.69) is 4.98 Å². The summed E-state index contributed by atoms with van der Waals surface area (Å²) in [5, 5.41) is 2.65. The second-order valence-corrected chi connectivity index (χ2v) is 5.91. The fourth-order valence-corrected chi connectivity index (χ4v) is 2.59. The maximum Gasteiger partial charge on any atom is 0.273 e. The smallest absolute Gasteiger partial charge is 0.273 e. The van der Waals surface area contributed by atoms with Crippen molar-refractivity contribution in [1.29, 1.82) is 0 Å². The first-order valence-electron chi connectivity index (χ1n) is 6.99. The number of carbonyl (C=O) groups is 1. The molecule has 0 spiro atoms. The van der Waals surface area contributed by atoms with Crippen LogP contribution in [0.25, 0.3) is 10.6 Å². The maximum atomic E-state index is 12.0. The first kappa shape index (κ1) is 15.5. The molecule has 5 heteroatoms. The minimum atomic E-state index is -0.0419. The molecule has 0 aliphatic rings. The van der Waals surface area contributed by atoms with E-state index in [-0.39, 0.29) is 12.0 Å². The summed E-state index contributed by atoms with van der Waals surface area (Å²) in [6.45, 7) is 6.61. The second-order valence-electron chi connectivity index (χ2n) is 5.05. The molecule has 0 N–H and O–H groups in total. The molecule has 0 aliphatic heterocycles. The van der Waals surface area contributed by atoms with Gasteiger partial charge in [0.15, 0.2) is 0 Å². The lowest BCUT2D eigenvalue weighted by molar-refractivity contribution is 0.0797. The van der Waals surface area contributed by atoms with Gasteiger partial charge in [-0.3, -0.25) is 4.79 Å². The van der Waals surface area contributed by atoms with Crippen LogP contribution >= 0.6 is 11.3 Å². The normalized spacial score (nSPS) is 10.7. The summed E-state index contributed by atoms with van der Waals surface area (Å²) < 4.78 is 5.62. The minimum Gasteiger partial charge on any atom is -0.491 e. The molecule has 0 aliphatic carbocycles. The van der Waals surface area contributed by atoms with Crippen LogP contribution in [0.4, 0.5) is 0 Å².